The number of nitrogens with two attached hydrogens (primary N) is 1. The Morgan fingerprint density at radius 3 is 2.94 bits per heavy atom. The summed E-state index contributed by atoms with van der Waals surface area (Å²) in [7, 11) is 0. The summed E-state index contributed by atoms with van der Waals surface area (Å²) in [6.07, 6.45) is 1.37. The van der Waals surface area contributed by atoms with Crippen LogP contribution in [0.4, 0.5) is 0 Å². The molecule has 0 aliphatic rings. The number of hydrazine groups is 1. The van der Waals surface area contributed by atoms with Gasteiger partial charge in [0.15, 0.2) is 0 Å². The zero-order chi connectivity index (χ0) is 12.6. The monoisotopic (exact) mass is 252 g/mol. The average Bonchev–Trinajstić information content (AvgIpc) is 2.59. The van der Waals surface area contributed by atoms with Gasteiger partial charge in [-0.15, -0.1) is 11.3 Å². The largest absolute Gasteiger partial charge is 0.293 e. The first-order valence-corrected chi connectivity index (χ1v) is 5.81. The van der Waals surface area contributed by atoms with Crippen LogP contribution in [-0.4, -0.2) is 15.5 Å². The molecule has 2 aromatic rings. The molecular weight excluding hydrogens is 240 g/mol. The van der Waals surface area contributed by atoms with Crippen molar-refractivity contribution >= 4 is 27.5 Å². The van der Waals surface area contributed by atoms with Gasteiger partial charge in [-0.05, 0) is 19.4 Å². The van der Waals surface area contributed by atoms with Gasteiger partial charge in [-0.3, -0.25) is 19.6 Å². The van der Waals surface area contributed by atoms with Gasteiger partial charge in [0.05, 0.1) is 11.7 Å². The third-order valence-electron chi connectivity index (χ3n) is 2.63. The number of nitrogens with one attached hydrogen (secondary N) is 1. The summed E-state index contributed by atoms with van der Waals surface area (Å²) in [4.78, 5) is 29.2. The van der Waals surface area contributed by atoms with Crippen LogP contribution in [0.3, 0.4) is 0 Å². The fourth-order valence-corrected chi connectivity index (χ4v) is 2.57. The fourth-order valence-electron chi connectivity index (χ4n) is 1.58. The Morgan fingerprint density at radius 1 is 1.59 bits per heavy atom. The van der Waals surface area contributed by atoms with Crippen molar-refractivity contribution < 1.29 is 4.79 Å². The summed E-state index contributed by atoms with van der Waals surface area (Å²) in [5.74, 6) is 4.55. The van der Waals surface area contributed by atoms with Gasteiger partial charge >= 0.3 is 0 Å². The van der Waals surface area contributed by atoms with Gasteiger partial charge in [0.25, 0.3) is 11.5 Å². The fraction of sp³-hybridized carbons (Fsp3) is 0.300. The number of thiophene rings is 1. The highest BCUT2D eigenvalue weighted by molar-refractivity contribution is 7.18. The van der Waals surface area contributed by atoms with Crippen molar-refractivity contribution in [1.29, 1.82) is 0 Å². The zero-order valence-corrected chi connectivity index (χ0v) is 10.3. The lowest BCUT2D eigenvalue weighted by atomic mass is 10.2. The molecule has 0 saturated heterocycles. The highest BCUT2D eigenvalue weighted by Gasteiger charge is 2.13. The molecule has 6 nitrogen and oxygen atoms in total. The van der Waals surface area contributed by atoms with Gasteiger partial charge in [0, 0.05) is 4.88 Å². The van der Waals surface area contributed by atoms with Crippen LogP contribution in [0.15, 0.2) is 11.1 Å². The van der Waals surface area contributed by atoms with Crippen molar-refractivity contribution in [3.63, 3.8) is 0 Å². The van der Waals surface area contributed by atoms with E-state index in [0.29, 0.717) is 10.2 Å². The second-order valence-corrected chi connectivity index (χ2v) is 4.91. The van der Waals surface area contributed by atoms with E-state index < -0.39 is 5.91 Å². The molecule has 3 N–H and O–H groups in total. The van der Waals surface area contributed by atoms with Crippen LogP contribution in [-0.2, 0) is 11.3 Å². The number of hydrogen-bond donors (Lipinski definition) is 2. The van der Waals surface area contributed by atoms with Gasteiger partial charge in [0.2, 0.25) is 0 Å². The molecule has 0 aliphatic heterocycles. The van der Waals surface area contributed by atoms with Crippen molar-refractivity contribution in [2.24, 2.45) is 5.84 Å². The number of amides is 1. The van der Waals surface area contributed by atoms with Crippen molar-refractivity contribution in [3.8, 4) is 0 Å². The Labute approximate surface area is 101 Å². The number of carbonyl (C=O) groups excluding carboxylic acids is 1. The van der Waals surface area contributed by atoms with Crippen molar-refractivity contribution in [2.75, 3.05) is 0 Å². The first-order valence-electron chi connectivity index (χ1n) is 4.99. The molecular formula is C10H12N4O2S. The van der Waals surface area contributed by atoms with Gasteiger partial charge in [-0.2, -0.15) is 0 Å². The third-order valence-corrected chi connectivity index (χ3v) is 3.75. The number of hydrogen-bond acceptors (Lipinski definition) is 5. The average molecular weight is 252 g/mol. The van der Waals surface area contributed by atoms with Crippen molar-refractivity contribution in [3.05, 3.63) is 27.1 Å². The minimum Gasteiger partial charge on any atom is -0.293 e. The van der Waals surface area contributed by atoms with E-state index in [0.717, 1.165) is 10.4 Å². The predicted octanol–water partition coefficient (Wildman–Crippen LogP) is 0.0647. The van der Waals surface area contributed by atoms with E-state index >= 15 is 0 Å². The Kier molecular flexibility index (Phi) is 2.95. The summed E-state index contributed by atoms with van der Waals surface area (Å²) >= 11 is 1.48. The third kappa shape index (κ3) is 1.94. The van der Waals surface area contributed by atoms with E-state index in [4.69, 9.17) is 5.84 Å². The lowest BCUT2D eigenvalue weighted by Gasteiger charge is -2.03. The van der Waals surface area contributed by atoms with Crippen molar-refractivity contribution in [2.45, 2.75) is 20.4 Å². The molecule has 0 radical (unpaired) electrons. The van der Waals surface area contributed by atoms with E-state index in [-0.39, 0.29) is 12.1 Å². The zero-order valence-electron chi connectivity index (χ0n) is 9.48. The number of aromatic nitrogens is 2. The Bertz CT molecular complexity index is 644. The number of aryl methyl sites for hydroxylation is 2. The molecule has 0 bridgehead atoms. The van der Waals surface area contributed by atoms with Gasteiger partial charge in [0.1, 0.15) is 11.4 Å². The molecule has 0 saturated carbocycles. The second kappa shape index (κ2) is 4.27. The number of rotatable bonds is 2. The Balaban J connectivity index is 2.61. The maximum Gasteiger partial charge on any atom is 0.262 e. The van der Waals surface area contributed by atoms with Crippen LogP contribution in [0.2, 0.25) is 0 Å². The predicted molar refractivity (Wildman–Crippen MR) is 65.7 cm³/mol. The number of fused-ring (bicyclic) bond motifs is 1. The summed E-state index contributed by atoms with van der Waals surface area (Å²) in [5.41, 5.74) is 2.70. The molecule has 2 rings (SSSR count). The van der Waals surface area contributed by atoms with Crippen LogP contribution < -0.4 is 16.8 Å². The smallest absolute Gasteiger partial charge is 0.262 e. The molecule has 0 aliphatic carbocycles. The van der Waals surface area contributed by atoms with E-state index in [9.17, 15) is 9.59 Å². The maximum atomic E-state index is 12.1. The van der Waals surface area contributed by atoms with Gasteiger partial charge in [-0.25, -0.2) is 10.8 Å². The second-order valence-electron chi connectivity index (χ2n) is 3.71. The number of carbonyl (C=O) groups is 1. The SMILES string of the molecule is Cc1sc2ncn(CC(=O)NN)c(=O)c2c1C. The highest BCUT2D eigenvalue weighted by Crippen LogP contribution is 2.25. The molecule has 90 valence electrons. The molecule has 0 aromatic carbocycles. The maximum absolute atomic E-state index is 12.1. The topological polar surface area (TPSA) is 90.0 Å². The molecule has 17 heavy (non-hydrogen) atoms. The molecule has 0 fully saturated rings. The van der Waals surface area contributed by atoms with Gasteiger partial charge < -0.3 is 0 Å². The summed E-state index contributed by atoms with van der Waals surface area (Å²) in [6, 6.07) is 0. The molecule has 7 heteroatoms. The summed E-state index contributed by atoms with van der Waals surface area (Å²) in [6.45, 7) is 3.70. The quantitative estimate of drug-likeness (QED) is 0.449. The standard InChI is InChI=1S/C10H12N4O2S/c1-5-6(2)17-9-8(5)10(16)14(4-12-9)3-7(15)13-11/h4H,3,11H2,1-2H3,(H,13,15). The molecule has 1 amide bonds. The first-order chi connectivity index (χ1) is 8.04. The molecule has 0 atom stereocenters. The van der Waals surface area contributed by atoms with Gasteiger partial charge in [-0.1, -0.05) is 0 Å². The van der Waals surface area contributed by atoms with Crippen LogP contribution in [0.5, 0.6) is 0 Å². The minimum atomic E-state index is -0.433. The van der Waals surface area contributed by atoms with E-state index in [1.807, 2.05) is 19.3 Å². The molecule has 2 aromatic heterocycles. The Hall–Kier alpha value is -1.73. The molecule has 2 heterocycles. The normalized spacial score (nSPS) is 10.8. The first kappa shape index (κ1) is 11.7. The van der Waals surface area contributed by atoms with E-state index in [1.165, 1.54) is 22.2 Å². The molecule has 0 spiro atoms. The summed E-state index contributed by atoms with van der Waals surface area (Å²) in [5, 5.41) is 0.583. The minimum absolute atomic E-state index is 0.118. The Morgan fingerprint density at radius 2 is 2.29 bits per heavy atom. The van der Waals surface area contributed by atoms with Crippen LogP contribution in [0, 0.1) is 13.8 Å². The van der Waals surface area contributed by atoms with E-state index in [1.54, 1.807) is 0 Å². The summed E-state index contributed by atoms with van der Waals surface area (Å²) < 4.78 is 1.25. The lowest BCUT2D eigenvalue weighted by Crippen LogP contribution is -2.36. The van der Waals surface area contributed by atoms with Crippen LogP contribution in [0.1, 0.15) is 10.4 Å². The van der Waals surface area contributed by atoms with Crippen LogP contribution >= 0.6 is 11.3 Å². The number of nitrogens with zero attached hydrogens (tertiary/aromatic N) is 2. The lowest BCUT2D eigenvalue weighted by molar-refractivity contribution is -0.121. The molecule has 0 unspecified atom stereocenters. The van der Waals surface area contributed by atoms with Crippen LogP contribution in [0.25, 0.3) is 10.2 Å². The van der Waals surface area contributed by atoms with Crippen molar-refractivity contribution in [1.82, 2.24) is 15.0 Å². The highest BCUT2D eigenvalue weighted by atomic mass is 32.1. The van der Waals surface area contributed by atoms with E-state index in [2.05, 4.69) is 4.98 Å².